The van der Waals surface area contributed by atoms with Crippen molar-refractivity contribution in [3.05, 3.63) is 42.0 Å². The maximum absolute atomic E-state index is 14.4. The zero-order valence-corrected chi connectivity index (χ0v) is 22.8. The second kappa shape index (κ2) is 9.82. The highest BCUT2D eigenvalue weighted by Gasteiger charge is 2.73. The van der Waals surface area contributed by atoms with Crippen LogP contribution >= 0.6 is 0 Å². The first-order valence-electron chi connectivity index (χ1n) is 14.7. The molecule has 0 aromatic heterocycles. The molecule has 9 atom stereocenters. The molecule has 204 valence electrons. The van der Waals surface area contributed by atoms with Gasteiger partial charge in [-0.2, -0.15) is 0 Å². The summed E-state index contributed by atoms with van der Waals surface area (Å²) in [5.41, 5.74) is 0.654. The molecule has 1 spiro atoms. The highest BCUT2D eigenvalue weighted by molar-refractivity contribution is 6.03. The fraction of sp³-hybridized carbons (Fsp3) is 0.645. The number of benzene rings is 1. The van der Waals surface area contributed by atoms with Gasteiger partial charge in [0.2, 0.25) is 17.7 Å². The average Bonchev–Trinajstić information content (AvgIpc) is 3.53. The summed E-state index contributed by atoms with van der Waals surface area (Å²) >= 11 is 0. The van der Waals surface area contributed by atoms with Crippen LogP contribution in [0.15, 0.2) is 36.4 Å². The monoisotopic (exact) mass is 519 g/mol. The molecule has 1 aromatic carbocycles. The Balaban J connectivity index is 1.34. The number of hydrogen-bond acceptors (Lipinski definition) is 4. The van der Waals surface area contributed by atoms with Crippen molar-refractivity contribution in [2.45, 2.75) is 102 Å². The summed E-state index contributed by atoms with van der Waals surface area (Å²) in [7, 11) is 0. The van der Waals surface area contributed by atoms with Crippen LogP contribution in [0.5, 0.6) is 0 Å². The largest absolute Gasteiger partial charge is 0.359 e. The summed E-state index contributed by atoms with van der Waals surface area (Å²) < 4.78 is 6.56. The number of nitrogens with zero attached hydrogens (tertiary/aromatic N) is 1. The van der Waals surface area contributed by atoms with Gasteiger partial charge in [0.25, 0.3) is 0 Å². The summed E-state index contributed by atoms with van der Waals surface area (Å²) in [4.78, 5) is 44.1. The van der Waals surface area contributed by atoms with E-state index in [4.69, 9.17) is 4.74 Å². The number of rotatable bonds is 5. The molecule has 1 aromatic rings. The standard InChI is InChI=1S/C31H41N3O4/c1-18-9-8-12-21(17-18)32-28(35)25-24-15-16-31(38-24)26(25)30(37)34(23-14-7-5-11-20(23)3)27(31)29(36)33-22-13-6-4-10-19(22)2/h8-9,12,15-17,19-20,22-27H,4-7,10-11,13-14H2,1-3H3,(H,32,35)(H,33,36)/t19-,20+,22-,23-,24-,25+,26-,27-,31-/m1/s1. The van der Waals surface area contributed by atoms with Crippen molar-refractivity contribution in [1.82, 2.24) is 10.2 Å². The molecular formula is C31H41N3O4. The van der Waals surface area contributed by atoms with Crippen molar-refractivity contribution >= 4 is 23.4 Å². The molecular weight excluding hydrogens is 478 g/mol. The SMILES string of the molecule is Cc1cccc(NC(=O)[C@H]2[C@H]3C=C[C@@]4(O3)[C@H]2C(=O)N([C@@H]2CCCC[C@@H]2C)[C@@H]4C(=O)N[C@@H]2CCCC[C@H]2C)c1. The summed E-state index contributed by atoms with van der Waals surface area (Å²) in [5.74, 6) is -1.10. The second-order valence-electron chi connectivity index (χ2n) is 12.5. The number of carbonyl (C=O) groups is 3. The van der Waals surface area contributed by atoms with E-state index in [2.05, 4.69) is 24.5 Å². The van der Waals surface area contributed by atoms with Crippen LogP contribution in [0.1, 0.15) is 70.8 Å². The average molecular weight is 520 g/mol. The van der Waals surface area contributed by atoms with Crippen LogP contribution in [-0.2, 0) is 19.1 Å². The zero-order chi connectivity index (χ0) is 26.6. The fourth-order valence-corrected chi connectivity index (χ4v) is 8.01. The number of hydrogen-bond donors (Lipinski definition) is 2. The van der Waals surface area contributed by atoms with Crippen molar-refractivity contribution in [2.24, 2.45) is 23.7 Å². The van der Waals surface area contributed by atoms with Crippen LogP contribution in [0, 0.1) is 30.6 Å². The van der Waals surface area contributed by atoms with E-state index in [1.165, 1.54) is 6.42 Å². The van der Waals surface area contributed by atoms with Gasteiger partial charge in [0.1, 0.15) is 11.6 Å². The molecule has 0 radical (unpaired) electrons. The van der Waals surface area contributed by atoms with Gasteiger partial charge < -0.3 is 20.3 Å². The lowest BCUT2D eigenvalue weighted by molar-refractivity contribution is -0.146. The van der Waals surface area contributed by atoms with Crippen molar-refractivity contribution in [2.75, 3.05) is 5.32 Å². The van der Waals surface area contributed by atoms with Crippen LogP contribution in [0.25, 0.3) is 0 Å². The minimum Gasteiger partial charge on any atom is -0.359 e. The number of likely N-dealkylation sites (tertiary alicyclic amines) is 1. The van der Waals surface area contributed by atoms with Gasteiger partial charge in [-0.15, -0.1) is 0 Å². The third-order valence-electron chi connectivity index (χ3n) is 10.0. The van der Waals surface area contributed by atoms with E-state index in [9.17, 15) is 14.4 Å². The highest BCUT2D eigenvalue weighted by Crippen LogP contribution is 2.56. The van der Waals surface area contributed by atoms with Crippen molar-refractivity contribution in [3.63, 3.8) is 0 Å². The van der Waals surface area contributed by atoms with Crippen LogP contribution in [0.3, 0.4) is 0 Å². The van der Waals surface area contributed by atoms with E-state index in [1.54, 1.807) is 0 Å². The molecule has 4 fully saturated rings. The van der Waals surface area contributed by atoms with Crippen LogP contribution in [0.2, 0.25) is 0 Å². The topological polar surface area (TPSA) is 87.7 Å². The van der Waals surface area contributed by atoms with Crippen molar-refractivity contribution in [1.29, 1.82) is 0 Å². The minimum absolute atomic E-state index is 0.0210. The molecule has 2 bridgehead atoms. The van der Waals surface area contributed by atoms with Crippen molar-refractivity contribution < 1.29 is 19.1 Å². The Morgan fingerprint density at radius 2 is 1.74 bits per heavy atom. The van der Waals surface area contributed by atoms with E-state index < -0.39 is 29.6 Å². The van der Waals surface area contributed by atoms with Gasteiger partial charge in [-0.25, -0.2) is 0 Å². The number of nitrogens with one attached hydrogen (secondary N) is 2. The predicted octanol–water partition coefficient (Wildman–Crippen LogP) is 4.36. The van der Waals surface area contributed by atoms with E-state index in [1.807, 2.05) is 48.2 Å². The van der Waals surface area contributed by atoms with E-state index in [0.717, 1.165) is 50.5 Å². The maximum atomic E-state index is 14.4. The van der Waals surface area contributed by atoms with Gasteiger partial charge in [-0.1, -0.05) is 63.8 Å². The third kappa shape index (κ3) is 4.09. The number of ether oxygens (including phenoxy) is 1. The normalized spacial score (nSPS) is 39.8. The molecule has 7 heteroatoms. The number of amides is 3. The van der Waals surface area contributed by atoms with Gasteiger partial charge in [0, 0.05) is 17.8 Å². The highest BCUT2D eigenvalue weighted by atomic mass is 16.5. The molecule has 0 unspecified atom stereocenters. The first-order chi connectivity index (χ1) is 18.3. The van der Waals surface area contributed by atoms with Crippen LogP contribution in [-0.4, -0.2) is 52.5 Å². The number of fused-ring (bicyclic) bond motifs is 1. The van der Waals surface area contributed by atoms with Gasteiger partial charge >= 0.3 is 0 Å². The number of carbonyl (C=O) groups excluding carboxylic acids is 3. The van der Waals surface area contributed by atoms with Crippen LogP contribution < -0.4 is 10.6 Å². The molecule has 2 saturated heterocycles. The predicted molar refractivity (Wildman–Crippen MR) is 145 cm³/mol. The Morgan fingerprint density at radius 3 is 2.47 bits per heavy atom. The lowest BCUT2D eigenvalue weighted by Gasteiger charge is -2.42. The molecule has 2 N–H and O–H groups in total. The van der Waals surface area contributed by atoms with Gasteiger partial charge in [0.05, 0.1) is 17.9 Å². The molecule has 3 heterocycles. The van der Waals surface area contributed by atoms with Gasteiger partial charge in [-0.3, -0.25) is 14.4 Å². The molecule has 2 saturated carbocycles. The van der Waals surface area contributed by atoms with Gasteiger partial charge in [-0.05, 0) is 62.1 Å². The molecule has 3 aliphatic heterocycles. The Bertz CT molecular complexity index is 1150. The lowest BCUT2D eigenvalue weighted by atomic mass is 9.74. The molecule has 3 amide bonds. The molecule has 38 heavy (non-hydrogen) atoms. The molecule has 2 aliphatic carbocycles. The van der Waals surface area contributed by atoms with E-state index in [-0.39, 0.29) is 29.8 Å². The lowest BCUT2D eigenvalue weighted by Crippen LogP contribution is -2.60. The summed E-state index contributed by atoms with van der Waals surface area (Å²) in [6.45, 7) is 6.38. The first kappa shape index (κ1) is 25.6. The van der Waals surface area contributed by atoms with Gasteiger partial charge in [0.15, 0.2) is 0 Å². The Kier molecular flexibility index (Phi) is 6.61. The molecule has 6 rings (SSSR count). The molecule has 5 aliphatic rings. The number of aryl methyl sites for hydroxylation is 1. The Labute approximate surface area is 225 Å². The third-order valence-corrected chi connectivity index (χ3v) is 10.0. The Hall–Kier alpha value is -2.67. The summed E-state index contributed by atoms with van der Waals surface area (Å²) in [5, 5.41) is 6.38. The first-order valence-corrected chi connectivity index (χ1v) is 14.7. The van der Waals surface area contributed by atoms with Crippen LogP contribution in [0.4, 0.5) is 5.69 Å². The van der Waals surface area contributed by atoms with E-state index in [0.29, 0.717) is 17.5 Å². The summed E-state index contributed by atoms with van der Waals surface area (Å²) in [6, 6.07) is 7.00. The van der Waals surface area contributed by atoms with Crippen molar-refractivity contribution in [3.8, 4) is 0 Å². The van der Waals surface area contributed by atoms with E-state index >= 15 is 0 Å². The smallest absolute Gasteiger partial charge is 0.246 e. The second-order valence-corrected chi connectivity index (χ2v) is 12.5. The minimum atomic E-state index is -1.10. The fourth-order valence-electron chi connectivity index (χ4n) is 8.01. The zero-order valence-electron chi connectivity index (χ0n) is 22.8. The summed E-state index contributed by atoms with van der Waals surface area (Å²) in [6.07, 6.45) is 11.8. The number of anilines is 1. The molecule has 7 nitrogen and oxygen atoms in total. The quantitative estimate of drug-likeness (QED) is 0.566. The Morgan fingerprint density at radius 1 is 1.00 bits per heavy atom. The maximum Gasteiger partial charge on any atom is 0.246 e.